The number of rotatable bonds is 5. The highest BCUT2D eigenvalue weighted by molar-refractivity contribution is 5.90. The number of carbonyl (C=O) groups is 1. The summed E-state index contributed by atoms with van der Waals surface area (Å²) in [5.41, 5.74) is 0.845. The summed E-state index contributed by atoms with van der Waals surface area (Å²) in [5.74, 6) is 1.27. The van der Waals surface area contributed by atoms with Gasteiger partial charge in [-0.25, -0.2) is 9.97 Å². The fourth-order valence-electron chi connectivity index (χ4n) is 3.20. The maximum absolute atomic E-state index is 12.6. The molecule has 0 aromatic carbocycles. The van der Waals surface area contributed by atoms with Crippen LogP contribution in [0.1, 0.15) is 35.7 Å². The summed E-state index contributed by atoms with van der Waals surface area (Å²) in [6, 6.07) is 5.51. The van der Waals surface area contributed by atoms with Crippen LogP contribution in [0.5, 0.6) is 0 Å². The predicted molar refractivity (Wildman–Crippen MR) is 91.9 cm³/mol. The molecule has 0 saturated carbocycles. The van der Waals surface area contributed by atoms with Gasteiger partial charge in [0.1, 0.15) is 0 Å². The van der Waals surface area contributed by atoms with Gasteiger partial charge in [-0.3, -0.25) is 9.78 Å². The Morgan fingerprint density at radius 1 is 1.19 bits per heavy atom. The lowest BCUT2D eigenvalue weighted by Gasteiger charge is -2.23. The maximum atomic E-state index is 12.6. The van der Waals surface area contributed by atoms with E-state index in [1.165, 1.54) is 0 Å². The molecule has 1 saturated heterocycles. The molecule has 3 aromatic heterocycles. The Hall–Kier alpha value is -3.16. The van der Waals surface area contributed by atoms with E-state index in [1.54, 1.807) is 30.9 Å². The van der Waals surface area contributed by atoms with Crippen LogP contribution >= 0.6 is 0 Å². The Labute approximate surface area is 150 Å². The van der Waals surface area contributed by atoms with Gasteiger partial charge in [-0.15, -0.1) is 0 Å². The molecule has 26 heavy (non-hydrogen) atoms. The monoisotopic (exact) mass is 350 g/mol. The molecule has 8 nitrogen and oxygen atoms in total. The fourth-order valence-corrected chi connectivity index (χ4v) is 3.20. The summed E-state index contributed by atoms with van der Waals surface area (Å²) >= 11 is 0. The lowest BCUT2D eigenvalue weighted by atomic mass is 10.1. The van der Waals surface area contributed by atoms with Gasteiger partial charge in [0.15, 0.2) is 5.82 Å². The minimum absolute atomic E-state index is 0.112. The summed E-state index contributed by atoms with van der Waals surface area (Å²) in [6.07, 6.45) is 9.94. The molecule has 1 aliphatic rings. The van der Waals surface area contributed by atoms with Crippen molar-refractivity contribution in [2.75, 3.05) is 6.54 Å². The number of hydrogen-bond donors (Lipinski definition) is 0. The van der Waals surface area contributed by atoms with Gasteiger partial charge in [0, 0.05) is 49.4 Å². The molecule has 4 rings (SSSR count). The molecule has 0 N–H and O–H groups in total. The van der Waals surface area contributed by atoms with Gasteiger partial charge >= 0.3 is 0 Å². The first-order valence-electron chi connectivity index (χ1n) is 8.62. The number of likely N-dealkylation sites (tertiary alicyclic amines) is 1. The molecule has 132 valence electrons. The molecule has 1 atom stereocenters. The molecule has 8 heteroatoms. The zero-order valence-corrected chi connectivity index (χ0v) is 14.2. The summed E-state index contributed by atoms with van der Waals surface area (Å²) in [4.78, 5) is 31.0. The molecule has 4 heterocycles. The maximum Gasteiger partial charge on any atom is 0.291 e. The third-order valence-corrected chi connectivity index (χ3v) is 4.49. The lowest BCUT2D eigenvalue weighted by molar-refractivity contribution is 0.0717. The minimum Gasteiger partial charge on any atom is -0.334 e. The standard InChI is InChI=1S/C18H18N6O2/c25-18(16-20-8-2-9-21-16)24-12-1-3-14(24)4-5-15-22-17(26-23-15)13-6-10-19-11-7-13/h2,6-11,14H,1,3-5,12H2. The molecule has 1 fully saturated rings. The van der Waals surface area contributed by atoms with Crippen LogP contribution in [0.2, 0.25) is 0 Å². The summed E-state index contributed by atoms with van der Waals surface area (Å²) < 4.78 is 5.32. The van der Waals surface area contributed by atoms with Crippen LogP contribution in [0.3, 0.4) is 0 Å². The van der Waals surface area contributed by atoms with Gasteiger partial charge < -0.3 is 9.42 Å². The highest BCUT2D eigenvalue weighted by atomic mass is 16.5. The number of nitrogens with zero attached hydrogens (tertiary/aromatic N) is 6. The van der Waals surface area contributed by atoms with Crippen molar-refractivity contribution in [2.45, 2.75) is 31.7 Å². The van der Waals surface area contributed by atoms with E-state index in [9.17, 15) is 4.79 Å². The highest BCUT2D eigenvalue weighted by Crippen LogP contribution is 2.23. The quantitative estimate of drug-likeness (QED) is 0.695. The van der Waals surface area contributed by atoms with E-state index in [0.717, 1.165) is 31.4 Å². The Morgan fingerprint density at radius 2 is 2.00 bits per heavy atom. The summed E-state index contributed by atoms with van der Waals surface area (Å²) in [5, 5.41) is 4.05. The zero-order chi connectivity index (χ0) is 17.8. The van der Waals surface area contributed by atoms with E-state index in [2.05, 4.69) is 25.1 Å². The topological polar surface area (TPSA) is 97.9 Å². The molecule has 0 bridgehead atoms. The van der Waals surface area contributed by atoms with Crippen LogP contribution < -0.4 is 0 Å². The Balaban J connectivity index is 1.40. The van der Waals surface area contributed by atoms with Crippen LogP contribution in [0, 0.1) is 0 Å². The molecule has 0 aliphatic carbocycles. The van der Waals surface area contributed by atoms with Crippen molar-refractivity contribution in [2.24, 2.45) is 0 Å². The molecular weight excluding hydrogens is 332 g/mol. The zero-order valence-electron chi connectivity index (χ0n) is 14.2. The van der Waals surface area contributed by atoms with Crippen molar-refractivity contribution in [3.05, 3.63) is 54.6 Å². The first-order chi connectivity index (χ1) is 12.8. The molecule has 1 amide bonds. The number of amides is 1. The minimum atomic E-state index is -0.112. The van der Waals surface area contributed by atoms with Gasteiger partial charge in [0.25, 0.3) is 11.8 Å². The van der Waals surface area contributed by atoms with Gasteiger partial charge in [0.05, 0.1) is 0 Å². The van der Waals surface area contributed by atoms with Gasteiger partial charge in [0.2, 0.25) is 5.82 Å². The molecular formula is C18H18N6O2. The second-order valence-corrected chi connectivity index (χ2v) is 6.16. The van der Waals surface area contributed by atoms with E-state index in [-0.39, 0.29) is 17.8 Å². The highest BCUT2D eigenvalue weighted by Gasteiger charge is 2.30. The van der Waals surface area contributed by atoms with Gasteiger partial charge in [-0.05, 0) is 37.5 Å². The average Bonchev–Trinajstić information content (AvgIpc) is 3.36. The Bertz CT molecular complexity index is 868. The van der Waals surface area contributed by atoms with Crippen molar-refractivity contribution in [3.63, 3.8) is 0 Å². The normalized spacial score (nSPS) is 16.8. The predicted octanol–water partition coefficient (Wildman–Crippen LogP) is 2.16. The molecule has 1 unspecified atom stereocenters. The Morgan fingerprint density at radius 3 is 2.81 bits per heavy atom. The lowest BCUT2D eigenvalue weighted by Crippen LogP contribution is -2.36. The van der Waals surface area contributed by atoms with Crippen LogP contribution in [-0.2, 0) is 6.42 Å². The smallest absolute Gasteiger partial charge is 0.291 e. The van der Waals surface area contributed by atoms with Crippen LogP contribution in [-0.4, -0.2) is 48.5 Å². The van der Waals surface area contributed by atoms with Crippen molar-refractivity contribution >= 4 is 5.91 Å². The van der Waals surface area contributed by atoms with E-state index in [4.69, 9.17) is 4.52 Å². The Kier molecular flexibility index (Phi) is 4.63. The molecule has 0 radical (unpaired) electrons. The number of hydrogen-bond acceptors (Lipinski definition) is 7. The average molecular weight is 350 g/mol. The van der Waals surface area contributed by atoms with E-state index in [1.807, 2.05) is 17.0 Å². The fraction of sp³-hybridized carbons (Fsp3) is 0.333. The number of carbonyl (C=O) groups excluding carboxylic acids is 1. The first kappa shape index (κ1) is 16.3. The van der Waals surface area contributed by atoms with Crippen molar-refractivity contribution < 1.29 is 9.32 Å². The van der Waals surface area contributed by atoms with Gasteiger partial charge in [-0.2, -0.15) is 4.98 Å². The van der Waals surface area contributed by atoms with E-state index < -0.39 is 0 Å². The number of pyridine rings is 1. The van der Waals surface area contributed by atoms with Gasteiger partial charge in [-0.1, -0.05) is 5.16 Å². The van der Waals surface area contributed by atoms with E-state index >= 15 is 0 Å². The molecule has 3 aromatic rings. The van der Waals surface area contributed by atoms with Crippen molar-refractivity contribution in [1.82, 2.24) is 30.0 Å². The van der Waals surface area contributed by atoms with Crippen LogP contribution in [0.25, 0.3) is 11.5 Å². The largest absolute Gasteiger partial charge is 0.334 e. The SMILES string of the molecule is O=C(c1ncccn1)N1CCCC1CCc1noc(-c2ccncc2)n1. The van der Waals surface area contributed by atoms with Crippen molar-refractivity contribution in [3.8, 4) is 11.5 Å². The van der Waals surface area contributed by atoms with E-state index in [0.29, 0.717) is 18.1 Å². The third kappa shape index (κ3) is 3.44. The molecule has 0 spiro atoms. The number of aryl methyl sites for hydroxylation is 1. The first-order valence-corrected chi connectivity index (χ1v) is 8.62. The second kappa shape index (κ2) is 7.38. The summed E-state index contributed by atoms with van der Waals surface area (Å²) in [7, 11) is 0. The van der Waals surface area contributed by atoms with Crippen LogP contribution in [0.4, 0.5) is 0 Å². The van der Waals surface area contributed by atoms with Crippen molar-refractivity contribution in [1.29, 1.82) is 0 Å². The number of aromatic nitrogens is 5. The third-order valence-electron chi connectivity index (χ3n) is 4.49. The van der Waals surface area contributed by atoms with Crippen LogP contribution in [0.15, 0.2) is 47.5 Å². The summed E-state index contributed by atoms with van der Waals surface area (Å²) in [6.45, 7) is 0.732. The molecule has 1 aliphatic heterocycles. The second-order valence-electron chi connectivity index (χ2n) is 6.16.